The monoisotopic (exact) mass is 508 g/mol. The molecule has 2 aliphatic rings. The molecule has 0 atom stereocenters. The van der Waals surface area contributed by atoms with Crippen molar-refractivity contribution < 1.29 is 4.74 Å². The number of anilines is 1. The molecule has 5 heterocycles. The Kier molecular flexibility index (Phi) is 6.02. The van der Waals surface area contributed by atoms with Crippen molar-refractivity contribution in [2.75, 3.05) is 32.0 Å². The number of ether oxygens (including phenoxy) is 1. The average Bonchev–Trinajstić information content (AvgIpc) is 3.56. The van der Waals surface area contributed by atoms with Crippen molar-refractivity contribution in [3.05, 3.63) is 66.9 Å². The summed E-state index contributed by atoms with van der Waals surface area (Å²) in [5.74, 6) is 0.479. The molecule has 0 spiro atoms. The van der Waals surface area contributed by atoms with Crippen molar-refractivity contribution in [2.45, 2.75) is 44.3 Å². The van der Waals surface area contributed by atoms with Crippen LogP contribution in [0.15, 0.2) is 61.3 Å². The third kappa shape index (κ3) is 4.21. The molecule has 0 amide bonds. The van der Waals surface area contributed by atoms with E-state index in [1.807, 2.05) is 12.3 Å². The summed E-state index contributed by atoms with van der Waals surface area (Å²) >= 11 is 0. The number of aromatic nitrogens is 6. The van der Waals surface area contributed by atoms with Crippen LogP contribution in [0.4, 0.5) is 5.82 Å². The molecule has 194 valence electrons. The molecule has 9 heteroatoms. The van der Waals surface area contributed by atoms with Crippen LogP contribution in [-0.4, -0.2) is 66.5 Å². The predicted molar refractivity (Wildman–Crippen MR) is 148 cm³/mol. The standard InChI is InChI=1S/C29H32N8O/c30-28-26-27(22-3-8-25-21(16-22)9-11-36(25)18-20-2-1-10-31-17-20)34-37(29(26)33-19-32-28)24-6-4-23(5-7-24)35-12-14-38-15-13-35/h1-3,8-11,16-17,19,23-24H,4-7,12-15,18H2,(H2,30,32,33). The maximum Gasteiger partial charge on any atom is 0.164 e. The van der Waals surface area contributed by atoms with E-state index in [1.165, 1.54) is 23.9 Å². The zero-order valence-electron chi connectivity index (χ0n) is 21.4. The van der Waals surface area contributed by atoms with Crippen molar-refractivity contribution >= 4 is 27.8 Å². The molecule has 1 aromatic carbocycles. The van der Waals surface area contributed by atoms with Gasteiger partial charge < -0.3 is 15.0 Å². The highest BCUT2D eigenvalue weighted by Gasteiger charge is 2.30. The third-order valence-electron chi connectivity index (χ3n) is 8.21. The molecule has 7 rings (SSSR count). The molecule has 38 heavy (non-hydrogen) atoms. The summed E-state index contributed by atoms with van der Waals surface area (Å²) < 4.78 is 9.92. The first-order valence-corrected chi connectivity index (χ1v) is 13.5. The minimum atomic E-state index is 0.308. The Bertz CT molecular complexity index is 1560. The van der Waals surface area contributed by atoms with Gasteiger partial charge in [0.2, 0.25) is 0 Å². The Morgan fingerprint density at radius 3 is 2.63 bits per heavy atom. The fourth-order valence-corrected chi connectivity index (χ4v) is 6.24. The van der Waals surface area contributed by atoms with Crippen LogP contribution in [0.2, 0.25) is 0 Å². The lowest BCUT2D eigenvalue weighted by Gasteiger charge is -2.38. The minimum absolute atomic E-state index is 0.308. The Morgan fingerprint density at radius 1 is 0.974 bits per heavy atom. The number of nitrogen functional groups attached to an aromatic ring is 1. The first-order valence-electron chi connectivity index (χ1n) is 13.5. The predicted octanol–water partition coefficient (Wildman–Crippen LogP) is 4.29. The number of hydrogen-bond donors (Lipinski definition) is 1. The fraction of sp³-hybridized carbons (Fsp3) is 0.379. The van der Waals surface area contributed by atoms with E-state index in [-0.39, 0.29) is 0 Å². The summed E-state index contributed by atoms with van der Waals surface area (Å²) in [6.45, 7) is 4.56. The van der Waals surface area contributed by atoms with Gasteiger partial charge in [-0.15, -0.1) is 0 Å². The SMILES string of the molecule is Nc1ncnc2c1c(-c1ccc3c(ccn3Cc3cccnc3)c1)nn2C1CCC(N2CCOCC2)CC1. The summed E-state index contributed by atoms with van der Waals surface area (Å²) in [6, 6.07) is 13.7. The van der Waals surface area contributed by atoms with Gasteiger partial charge in [-0.25, -0.2) is 14.6 Å². The van der Waals surface area contributed by atoms with E-state index < -0.39 is 0 Å². The molecule has 1 aliphatic heterocycles. The number of fused-ring (bicyclic) bond motifs is 2. The molecule has 1 saturated heterocycles. The molecule has 2 fully saturated rings. The van der Waals surface area contributed by atoms with E-state index in [2.05, 4.69) is 65.6 Å². The number of nitrogens with two attached hydrogens (primary N) is 1. The minimum Gasteiger partial charge on any atom is -0.383 e. The Morgan fingerprint density at radius 2 is 1.82 bits per heavy atom. The van der Waals surface area contributed by atoms with Gasteiger partial charge in [0.15, 0.2) is 5.65 Å². The maximum absolute atomic E-state index is 6.43. The summed E-state index contributed by atoms with van der Waals surface area (Å²) in [7, 11) is 0. The average molecular weight is 509 g/mol. The van der Waals surface area contributed by atoms with E-state index in [0.717, 1.165) is 73.4 Å². The normalized spacial score (nSPS) is 20.8. The lowest BCUT2D eigenvalue weighted by Crippen LogP contribution is -2.45. The highest BCUT2D eigenvalue weighted by atomic mass is 16.5. The van der Waals surface area contributed by atoms with E-state index in [0.29, 0.717) is 17.9 Å². The molecule has 9 nitrogen and oxygen atoms in total. The van der Waals surface area contributed by atoms with Gasteiger partial charge in [0.05, 0.1) is 24.6 Å². The second kappa shape index (κ2) is 9.81. The zero-order chi connectivity index (χ0) is 25.5. The van der Waals surface area contributed by atoms with Gasteiger partial charge in [-0.2, -0.15) is 5.10 Å². The number of pyridine rings is 1. The van der Waals surface area contributed by atoms with Crippen LogP contribution >= 0.6 is 0 Å². The maximum atomic E-state index is 6.43. The lowest BCUT2D eigenvalue weighted by molar-refractivity contribution is 0.00520. The summed E-state index contributed by atoms with van der Waals surface area (Å²) in [5.41, 5.74) is 11.5. The van der Waals surface area contributed by atoms with E-state index in [9.17, 15) is 0 Å². The van der Waals surface area contributed by atoms with Crippen molar-refractivity contribution in [2.24, 2.45) is 0 Å². The van der Waals surface area contributed by atoms with Gasteiger partial charge in [-0.1, -0.05) is 12.1 Å². The van der Waals surface area contributed by atoms with Gasteiger partial charge in [0.1, 0.15) is 17.8 Å². The lowest BCUT2D eigenvalue weighted by atomic mass is 9.90. The van der Waals surface area contributed by atoms with E-state index in [4.69, 9.17) is 15.6 Å². The van der Waals surface area contributed by atoms with Gasteiger partial charge in [-0.3, -0.25) is 9.88 Å². The van der Waals surface area contributed by atoms with Gasteiger partial charge in [-0.05, 0) is 55.5 Å². The number of hydrogen-bond acceptors (Lipinski definition) is 7. The third-order valence-corrected chi connectivity index (χ3v) is 8.21. The Labute approximate surface area is 221 Å². The van der Waals surface area contributed by atoms with Crippen LogP contribution in [0.1, 0.15) is 37.3 Å². The summed E-state index contributed by atoms with van der Waals surface area (Å²) in [4.78, 5) is 15.8. The van der Waals surface area contributed by atoms with Crippen LogP contribution in [0.3, 0.4) is 0 Å². The van der Waals surface area contributed by atoms with Crippen molar-refractivity contribution in [3.63, 3.8) is 0 Å². The first-order chi connectivity index (χ1) is 18.7. The Hall–Kier alpha value is -3.82. The number of nitrogens with zero attached hydrogens (tertiary/aromatic N) is 7. The van der Waals surface area contributed by atoms with E-state index in [1.54, 1.807) is 12.5 Å². The van der Waals surface area contributed by atoms with Crippen LogP contribution in [0, 0.1) is 0 Å². The second-order valence-corrected chi connectivity index (χ2v) is 10.4. The number of benzene rings is 1. The fourth-order valence-electron chi connectivity index (χ4n) is 6.24. The molecule has 2 N–H and O–H groups in total. The largest absolute Gasteiger partial charge is 0.383 e. The molecule has 4 aromatic heterocycles. The quantitative estimate of drug-likeness (QED) is 0.378. The highest BCUT2D eigenvalue weighted by Crippen LogP contribution is 2.37. The van der Waals surface area contributed by atoms with Gasteiger partial charge in [0.25, 0.3) is 0 Å². The zero-order valence-corrected chi connectivity index (χ0v) is 21.4. The highest BCUT2D eigenvalue weighted by molar-refractivity contribution is 6.00. The molecule has 0 unspecified atom stereocenters. The van der Waals surface area contributed by atoms with Crippen molar-refractivity contribution in [1.82, 2.24) is 34.2 Å². The number of morpholine rings is 1. The van der Waals surface area contributed by atoms with E-state index >= 15 is 0 Å². The molecule has 0 radical (unpaired) electrons. The van der Waals surface area contributed by atoms with Crippen LogP contribution in [0.25, 0.3) is 33.2 Å². The summed E-state index contributed by atoms with van der Waals surface area (Å²) in [6.07, 6.45) is 11.9. The molecular formula is C29H32N8O. The molecule has 0 bridgehead atoms. The van der Waals surface area contributed by atoms with Crippen LogP contribution in [0.5, 0.6) is 0 Å². The summed E-state index contributed by atoms with van der Waals surface area (Å²) in [5, 5.41) is 7.16. The molecule has 1 saturated carbocycles. The van der Waals surface area contributed by atoms with Gasteiger partial charge >= 0.3 is 0 Å². The smallest absolute Gasteiger partial charge is 0.164 e. The van der Waals surface area contributed by atoms with Crippen molar-refractivity contribution in [3.8, 4) is 11.3 Å². The second-order valence-electron chi connectivity index (χ2n) is 10.4. The van der Waals surface area contributed by atoms with Crippen molar-refractivity contribution in [1.29, 1.82) is 0 Å². The Balaban J connectivity index is 1.20. The van der Waals surface area contributed by atoms with Crippen LogP contribution in [-0.2, 0) is 11.3 Å². The van der Waals surface area contributed by atoms with Crippen LogP contribution < -0.4 is 5.73 Å². The molecule has 1 aliphatic carbocycles. The molecule has 5 aromatic rings. The first kappa shape index (κ1) is 23.3. The number of rotatable bonds is 5. The molecular weight excluding hydrogens is 476 g/mol. The topological polar surface area (TPSA) is 99.9 Å². The van der Waals surface area contributed by atoms with Gasteiger partial charge in [0, 0.05) is 60.7 Å².